The molecule has 0 saturated carbocycles. The van der Waals surface area contributed by atoms with Crippen molar-refractivity contribution < 1.29 is 54.9 Å². The quantitative estimate of drug-likeness (QED) is 0.329. The minimum Gasteiger partial charge on any atom is 0 e. The van der Waals surface area contributed by atoms with Crippen LogP contribution in [0.2, 0.25) is 0 Å². The molecule has 0 heterocycles. The predicted molar refractivity (Wildman–Crippen MR) is 27.5 cm³/mol. The molecule has 0 N–H and O–H groups in total. The monoisotopic (exact) mass is 289 g/mol. The zero-order valence-corrected chi connectivity index (χ0v) is 9.00. The third-order valence-corrected chi connectivity index (χ3v) is 0. The van der Waals surface area contributed by atoms with Crippen molar-refractivity contribution in [2.24, 2.45) is 0 Å². The summed E-state index contributed by atoms with van der Waals surface area (Å²) in [5, 5.41) is 0. The Bertz CT molecular complexity index is 112. The second-order valence-electron chi connectivity index (χ2n) is 0. The summed E-state index contributed by atoms with van der Waals surface area (Å²) in [4.78, 5) is 0. The minimum absolute atomic E-state index is 0. The second kappa shape index (κ2) is 1570. The van der Waals surface area contributed by atoms with Crippen LogP contribution in [0.4, 0.5) is 0 Å². The molecule has 0 spiro atoms. The van der Waals surface area contributed by atoms with Gasteiger partial charge in [-0.3, -0.25) is 0 Å². The first-order valence-electron chi connectivity index (χ1n) is 1.43. The Morgan fingerprint density at radius 1 is 0.267 bits per heavy atom. The molecular weight excluding hydrogens is 289 g/mol. The minimum atomic E-state index is 0. The first-order chi connectivity index (χ1) is 7.00. The van der Waals surface area contributed by atoms with Gasteiger partial charge in [0.25, 0.3) is 0 Å². The Morgan fingerprint density at radius 2 is 0.267 bits per heavy atom. The van der Waals surface area contributed by atoms with Gasteiger partial charge in [-0.05, 0) is 0 Å². The maximum atomic E-state index is 7.50. The summed E-state index contributed by atoms with van der Waals surface area (Å²) < 4.78 is 52.5. The fraction of sp³-hybridized carbons (Fsp3) is 0. The van der Waals surface area contributed by atoms with Gasteiger partial charge in [-0.15, -0.1) is 0 Å². The predicted octanol–water partition coefficient (Wildman–Crippen LogP) is -0.265. The molecule has 0 aliphatic heterocycles. The van der Waals surface area contributed by atoms with Crippen LogP contribution >= 0.6 is 0 Å². The SMILES string of the molecule is [C-]#[O+].[C-]#[O+].[C-]#[O+].[C-]#[O+].[C-]#[O+].[C-]#[O+].[C-]#[O+].[Nb]. The molecule has 0 saturated heterocycles. The van der Waals surface area contributed by atoms with E-state index < -0.39 is 0 Å². The summed E-state index contributed by atoms with van der Waals surface area (Å²) in [5.41, 5.74) is 0. The average Bonchev–Trinajstić information content (AvgIpc) is 2.45. The van der Waals surface area contributed by atoms with Crippen molar-refractivity contribution in [3.05, 3.63) is 46.6 Å². The summed E-state index contributed by atoms with van der Waals surface area (Å²) in [7, 11) is 0. The molecular formula is C7NbO7. The summed E-state index contributed by atoms with van der Waals surface area (Å²) in [6, 6.07) is 0. The molecule has 8 heteroatoms. The summed E-state index contributed by atoms with van der Waals surface area (Å²) >= 11 is 0. The first kappa shape index (κ1) is 66.3. The Balaban J connectivity index is -0.00000000628. The summed E-state index contributed by atoms with van der Waals surface area (Å²) in [6.45, 7) is 31.5. The van der Waals surface area contributed by atoms with Gasteiger partial charge in [0.2, 0.25) is 0 Å². The molecule has 0 bridgehead atoms. The van der Waals surface area contributed by atoms with Crippen molar-refractivity contribution in [3.63, 3.8) is 0 Å². The van der Waals surface area contributed by atoms with Crippen LogP contribution in [0.25, 0.3) is 0 Å². The molecule has 15 heavy (non-hydrogen) atoms. The maximum absolute atomic E-state index is 7.50. The van der Waals surface area contributed by atoms with Crippen LogP contribution in [0.5, 0.6) is 0 Å². The van der Waals surface area contributed by atoms with E-state index in [-0.39, 0.29) is 22.4 Å². The van der Waals surface area contributed by atoms with Gasteiger partial charge in [0, 0.05) is 22.4 Å². The van der Waals surface area contributed by atoms with Crippen molar-refractivity contribution in [3.8, 4) is 0 Å². The summed E-state index contributed by atoms with van der Waals surface area (Å²) in [5.74, 6) is 0. The Kier molecular flexibility index (Phi) is 6960. The zero-order valence-electron chi connectivity index (χ0n) is 6.80. The Morgan fingerprint density at radius 3 is 0.267 bits per heavy atom. The Labute approximate surface area is 102 Å². The van der Waals surface area contributed by atoms with E-state index in [1.54, 1.807) is 0 Å². The molecule has 0 aliphatic carbocycles. The average molecular weight is 289 g/mol. The van der Waals surface area contributed by atoms with Gasteiger partial charge in [0.15, 0.2) is 0 Å². The van der Waals surface area contributed by atoms with Crippen LogP contribution in [-0.4, -0.2) is 0 Å². The topological polar surface area (TPSA) is 139 Å². The van der Waals surface area contributed by atoms with E-state index in [0.29, 0.717) is 0 Å². The van der Waals surface area contributed by atoms with Crippen molar-refractivity contribution >= 4 is 0 Å². The molecule has 0 aromatic carbocycles. The molecule has 0 fully saturated rings. The standard InChI is InChI=1S/7CO.Nb/c7*1-2;. The zero-order chi connectivity index (χ0) is 14.0. The van der Waals surface area contributed by atoms with Crippen molar-refractivity contribution in [1.82, 2.24) is 0 Å². The molecule has 75 valence electrons. The van der Waals surface area contributed by atoms with Gasteiger partial charge < -0.3 is 0 Å². The van der Waals surface area contributed by atoms with Crippen LogP contribution in [-0.2, 0) is 54.9 Å². The molecule has 1 radical (unpaired) electrons. The van der Waals surface area contributed by atoms with Crippen LogP contribution < -0.4 is 0 Å². The molecule has 0 aromatic rings. The fourth-order valence-corrected chi connectivity index (χ4v) is 0. The van der Waals surface area contributed by atoms with E-state index in [2.05, 4.69) is 46.6 Å². The number of hydrogen-bond donors (Lipinski definition) is 0. The normalized spacial score (nSPS) is 0.933. The first-order valence-corrected chi connectivity index (χ1v) is 1.43. The fourth-order valence-electron chi connectivity index (χ4n) is 0. The molecule has 0 atom stereocenters. The van der Waals surface area contributed by atoms with Crippen LogP contribution in [0, 0.1) is 46.6 Å². The maximum Gasteiger partial charge on any atom is 0 e. The third kappa shape index (κ3) is 1320. The smallest absolute Gasteiger partial charge is 0 e. The van der Waals surface area contributed by atoms with Gasteiger partial charge in [-0.2, -0.15) is 0 Å². The number of hydrogen-bond acceptors (Lipinski definition) is 0. The van der Waals surface area contributed by atoms with E-state index >= 15 is 0 Å². The third-order valence-electron chi connectivity index (χ3n) is 0. The van der Waals surface area contributed by atoms with Gasteiger partial charge in [-0.1, -0.05) is 0 Å². The van der Waals surface area contributed by atoms with E-state index in [1.807, 2.05) is 0 Å². The molecule has 0 rings (SSSR count). The van der Waals surface area contributed by atoms with E-state index in [9.17, 15) is 0 Å². The van der Waals surface area contributed by atoms with Crippen LogP contribution in [0.15, 0.2) is 0 Å². The van der Waals surface area contributed by atoms with Gasteiger partial charge in [-0.25, -0.2) is 0 Å². The molecule has 0 aromatic heterocycles. The van der Waals surface area contributed by atoms with Gasteiger partial charge in [0.05, 0.1) is 0 Å². The molecule has 0 amide bonds. The van der Waals surface area contributed by atoms with E-state index in [4.69, 9.17) is 32.6 Å². The van der Waals surface area contributed by atoms with Gasteiger partial charge in [0.1, 0.15) is 0 Å². The van der Waals surface area contributed by atoms with Crippen molar-refractivity contribution in [1.29, 1.82) is 0 Å². The van der Waals surface area contributed by atoms with Crippen molar-refractivity contribution in [2.45, 2.75) is 0 Å². The number of rotatable bonds is 0. The summed E-state index contributed by atoms with van der Waals surface area (Å²) in [6.07, 6.45) is 0. The van der Waals surface area contributed by atoms with Crippen LogP contribution in [0.3, 0.4) is 0 Å². The van der Waals surface area contributed by atoms with Crippen molar-refractivity contribution in [2.75, 3.05) is 0 Å². The van der Waals surface area contributed by atoms with Gasteiger partial charge >= 0.3 is 79.1 Å². The van der Waals surface area contributed by atoms with Crippen LogP contribution in [0.1, 0.15) is 0 Å². The van der Waals surface area contributed by atoms with E-state index in [1.165, 1.54) is 0 Å². The molecule has 7 nitrogen and oxygen atoms in total. The molecule has 0 aliphatic rings. The van der Waals surface area contributed by atoms with E-state index in [0.717, 1.165) is 0 Å². The second-order valence-corrected chi connectivity index (χ2v) is 0. The largest absolute Gasteiger partial charge is 0 e. The molecule has 0 unspecified atom stereocenters. The Hall–Kier alpha value is -1.08.